The lowest BCUT2D eigenvalue weighted by molar-refractivity contribution is -0.132. The summed E-state index contributed by atoms with van der Waals surface area (Å²) in [4.78, 5) is 44.5. The summed E-state index contributed by atoms with van der Waals surface area (Å²) in [6.45, 7) is 5.31. The van der Waals surface area contributed by atoms with Crippen LogP contribution in [-0.2, 0) is 14.3 Å². The molecule has 7 nitrogen and oxygen atoms in total. The number of carbonyl (C=O) groups is 3. The van der Waals surface area contributed by atoms with Crippen LogP contribution in [0.1, 0.15) is 43.7 Å². The van der Waals surface area contributed by atoms with Gasteiger partial charge in [-0.3, -0.25) is 14.5 Å². The van der Waals surface area contributed by atoms with Crippen molar-refractivity contribution in [3.63, 3.8) is 0 Å². The first-order valence-corrected chi connectivity index (χ1v) is 11.5. The lowest BCUT2D eigenvalue weighted by Crippen LogP contribution is -2.29. The summed E-state index contributed by atoms with van der Waals surface area (Å²) < 4.78 is 4.80. The third-order valence-corrected chi connectivity index (χ3v) is 7.03. The van der Waals surface area contributed by atoms with Crippen molar-refractivity contribution < 1.29 is 24.2 Å². The minimum atomic E-state index is -0.965. The maximum Gasteiger partial charge on any atom is 0.350 e. The van der Waals surface area contributed by atoms with Crippen molar-refractivity contribution in [3.05, 3.63) is 85.9 Å². The van der Waals surface area contributed by atoms with Gasteiger partial charge in [-0.25, -0.2) is 9.78 Å². The van der Waals surface area contributed by atoms with Crippen molar-refractivity contribution in [1.82, 2.24) is 4.98 Å². The Hall–Kier alpha value is -3.49. The molecule has 0 bridgehead atoms. The van der Waals surface area contributed by atoms with E-state index in [2.05, 4.69) is 4.98 Å². The monoisotopic (exact) mass is 496 g/mol. The van der Waals surface area contributed by atoms with Crippen molar-refractivity contribution in [2.24, 2.45) is 0 Å². The highest BCUT2D eigenvalue weighted by Crippen LogP contribution is 2.44. The zero-order valence-electron chi connectivity index (χ0n) is 18.9. The molecular weight excluding hydrogens is 476 g/mol. The van der Waals surface area contributed by atoms with Crippen molar-refractivity contribution >= 4 is 51.5 Å². The molecule has 9 heteroatoms. The standard InChI is InChI=1S/C25H21ClN2O5S/c1-12-5-6-13(2)17(11-12)20(29)18-19(15-7-9-16(26)10-8-15)28(23(31)21(18)30)25-27-14(3)22(34-25)24(32)33-4/h5-11,19,29H,1-4H3/b20-18+. The Labute approximate surface area is 205 Å². The fraction of sp³-hybridized carbons (Fsp3) is 0.200. The van der Waals surface area contributed by atoms with Crippen LogP contribution in [0.3, 0.4) is 0 Å². The second kappa shape index (κ2) is 9.04. The Morgan fingerprint density at radius 2 is 1.79 bits per heavy atom. The number of hydrogen-bond acceptors (Lipinski definition) is 7. The fourth-order valence-corrected chi connectivity index (χ4v) is 5.03. The SMILES string of the molecule is COC(=O)c1sc(N2C(=O)C(=O)/C(=C(/O)c3cc(C)ccc3C)C2c2ccc(Cl)cc2)nc1C. The van der Waals surface area contributed by atoms with Crippen LogP contribution >= 0.6 is 22.9 Å². The smallest absolute Gasteiger partial charge is 0.350 e. The fourth-order valence-electron chi connectivity index (χ4n) is 3.89. The average Bonchev–Trinajstić information content (AvgIpc) is 3.32. The van der Waals surface area contributed by atoms with E-state index < -0.39 is 23.7 Å². The predicted molar refractivity (Wildman–Crippen MR) is 130 cm³/mol. The third kappa shape index (κ3) is 3.99. The molecule has 1 saturated heterocycles. The van der Waals surface area contributed by atoms with E-state index in [-0.39, 0.29) is 21.3 Å². The average molecular weight is 497 g/mol. The maximum absolute atomic E-state index is 13.3. The summed E-state index contributed by atoms with van der Waals surface area (Å²) in [6, 6.07) is 11.2. The lowest BCUT2D eigenvalue weighted by Gasteiger charge is -2.23. The van der Waals surface area contributed by atoms with Gasteiger partial charge in [-0.2, -0.15) is 0 Å². The van der Waals surface area contributed by atoms with Crippen LogP contribution in [0.2, 0.25) is 5.02 Å². The number of halogens is 1. The van der Waals surface area contributed by atoms with Crippen LogP contribution in [0.4, 0.5) is 5.13 Å². The van der Waals surface area contributed by atoms with E-state index in [9.17, 15) is 19.5 Å². The van der Waals surface area contributed by atoms with Gasteiger partial charge < -0.3 is 9.84 Å². The van der Waals surface area contributed by atoms with Gasteiger partial charge in [0.15, 0.2) is 5.13 Å². The molecule has 2 heterocycles. The first-order valence-electron chi connectivity index (χ1n) is 10.3. The Bertz CT molecular complexity index is 1360. The number of aromatic nitrogens is 1. The summed E-state index contributed by atoms with van der Waals surface area (Å²) >= 11 is 7.02. The minimum Gasteiger partial charge on any atom is -0.507 e. The van der Waals surface area contributed by atoms with Gasteiger partial charge in [0.25, 0.3) is 5.78 Å². The van der Waals surface area contributed by atoms with E-state index in [1.807, 2.05) is 26.0 Å². The maximum atomic E-state index is 13.3. The number of hydrogen-bond donors (Lipinski definition) is 1. The summed E-state index contributed by atoms with van der Waals surface area (Å²) in [5.74, 6) is -2.55. The summed E-state index contributed by atoms with van der Waals surface area (Å²) in [5, 5.41) is 11.9. The van der Waals surface area contributed by atoms with Crippen LogP contribution < -0.4 is 4.90 Å². The van der Waals surface area contributed by atoms with Crippen molar-refractivity contribution in [3.8, 4) is 0 Å². The molecule has 0 saturated carbocycles. The number of thiazole rings is 1. The Kier molecular flexibility index (Phi) is 6.29. The molecule has 1 aliphatic rings. The normalized spacial score (nSPS) is 17.3. The molecule has 174 valence electrons. The van der Waals surface area contributed by atoms with Crippen LogP contribution in [0.15, 0.2) is 48.0 Å². The molecular formula is C25H21ClN2O5S. The molecule has 3 aromatic rings. The number of methoxy groups -OCH3 is 1. The number of rotatable bonds is 4. The van der Waals surface area contributed by atoms with E-state index in [0.29, 0.717) is 21.8 Å². The van der Waals surface area contributed by atoms with Gasteiger partial charge in [-0.15, -0.1) is 0 Å². The minimum absolute atomic E-state index is 0.0616. The number of benzene rings is 2. The summed E-state index contributed by atoms with van der Waals surface area (Å²) in [6.07, 6.45) is 0. The number of ether oxygens (including phenoxy) is 1. The van der Waals surface area contributed by atoms with Crippen molar-refractivity contribution in [2.45, 2.75) is 26.8 Å². The number of Topliss-reactive ketones (excluding diaryl/α,β-unsaturated/α-hetero) is 1. The highest BCUT2D eigenvalue weighted by molar-refractivity contribution is 7.17. The number of nitrogens with zero attached hydrogens (tertiary/aromatic N) is 2. The zero-order chi connectivity index (χ0) is 24.7. The van der Waals surface area contributed by atoms with Crippen molar-refractivity contribution in [2.75, 3.05) is 12.0 Å². The Balaban J connectivity index is 1.97. The molecule has 1 atom stereocenters. The van der Waals surface area contributed by atoms with Crippen LogP contribution in [-0.4, -0.2) is 34.9 Å². The number of anilines is 1. The molecule has 1 N–H and O–H groups in total. The molecule has 1 unspecified atom stereocenters. The van der Waals surface area contributed by atoms with E-state index in [1.54, 1.807) is 37.3 Å². The number of carbonyl (C=O) groups excluding carboxylic acids is 3. The van der Waals surface area contributed by atoms with E-state index >= 15 is 0 Å². The number of aryl methyl sites for hydroxylation is 3. The molecule has 1 aliphatic heterocycles. The van der Waals surface area contributed by atoms with Gasteiger partial charge in [0.05, 0.1) is 24.4 Å². The quantitative estimate of drug-likeness (QED) is 0.232. The molecule has 0 aliphatic carbocycles. The van der Waals surface area contributed by atoms with Gasteiger partial charge in [-0.1, -0.05) is 52.8 Å². The Morgan fingerprint density at radius 3 is 2.44 bits per heavy atom. The van der Waals surface area contributed by atoms with Gasteiger partial charge in [0.1, 0.15) is 10.6 Å². The number of aliphatic hydroxyl groups excluding tert-OH is 1. The van der Waals surface area contributed by atoms with Crippen molar-refractivity contribution in [1.29, 1.82) is 0 Å². The molecule has 34 heavy (non-hydrogen) atoms. The molecule has 1 aromatic heterocycles. The first kappa shape index (κ1) is 23.7. The number of ketones is 1. The number of amides is 1. The van der Waals surface area contributed by atoms with Gasteiger partial charge in [0.2, 0.25) is 0 Å². The molecule has 4 rings (SSSR count). The highest BCUT2D eigenvalue weighted by atomic mass is 35.5. The number of esters is 1. The molecule has 1 fully saturated rings. The second-order valence-corrected chi connectivity index (χ2v) is 9.36. The van der Waals surface area contributed by atoms with E-state index in [4.69, 9.17) is 16.3 Å². The third-order valence-electron chi connectivity index (χ3n) is 5.64. The zero-order valence-corrected chi connectivity index (χ0v) is 20.5. The molecule has 0 radical (unpaired) electrons. The van der Waals surface area contributed by atoms with Crippen LogP contribution in [0, 0.1) is 20.8 Å². The first-order chi connectivity index (χ1) is 16.1. The number of aliphatic hydroxyl groups is 1. The lowest BCUT2D eigenvalue weighted by atomic mass is 9.93. The van der Waals surface area contributed by atoms with Crippen LogP contribution in [0.5, 0.6) is 0 Å². The molecule has 0 spiro atoms. The van der Waals surface area contributed by atoms with E-state index in [1.165, 1.54) is 12.0 Å². The molecule has 1 amide bonds. The largest absolute Gasteiger partial charge is 0.507 e. The van der Waals surface area contributed by atoms with Crippen LogP contribution in [0.25, 0.3) is 5.76 Å². The topological polar surface area (TPSA) is 96.8 Å². The van der Waals surface area contributed by atoms with Gasteiger partial charge >= 0.3 is 11.9 Å². The van der Waals surface area contributed by atoms with Gasteiger partial charge in [0, 0.05) is 10.6 Å². The summed E-state index contributed by atoms with van der Waals surface area (Å²) in [7, 11) is 1.26. The molecule has 2 aromatic carbocycles. The highest BCUT2D eigenvalue weighted by Gasteiger charge is 2.48. The predicted octanol–water partition coefficient (Wildman–Crippen LogP) is 5.13. The van der Waals surface area contributed by atoms with E-state index in [0.717, 1.165) is 22.5 Å². The Morgan fingerprint density at radius 1 is 1.12 bits per heavy atom. The summed E-state index contributed by atoms with van der Waals surface area (Å²) in [5.41, 5.74) is 2.97. The second-order valence-electron chi connectivity index (χ2n) is 7.94. The van der Waals surface area contributed by atoms with Gasteiger partial charge in [-0.05, 0) is 50.1 Å².